The van der Waals surface area contributed by atoms with Crippen molar-refractivity contribution in [2.45, 2.75) is 122 Å². The number of hydrogen-bond acceptors (Lipinski definition) is 6. The number of fused-ring (bicyclic) bond motifs is 1. The topological polar surface area (TPSA) is 119 Å². The van der Waals surface area contributed by atoms with Crippen molar-refractivity contribution in [3.8, 4) is 18.1 Å². The van der Waals surface area contributed by atoms with Gasteiger partial charge in [-0.1, -0.05) is 131 Å². The number of terminal acetylenes is 1. The molecule has 0 spiro atoms. The van der Waals surface area contributed by atoms with Crippen molar-refractivity contribution in [3.05, 3.63) is 107 Å². The van der Waals surface area contributed by atoms with Crippen LogP contribution in [-0.4, -0.2) is 75.0 Å². The first-order chi connectivity index (χ1) is 27.7. The number of amides is 4. The van der Waals surface area contributed by atoms with Gasteiger partial charge < -0.3 is 25.0 Å². The number of ether oxygens (including phenoxy) is 1. The zero-order valence-electron chi connectivity index (χ0n) is 33.5. The highest BCUT2D eigenvalue weighted by Gasteiger charge is 2.52. The summed E-state index contributed by atoms with van der Waals surface area (Å²) >= 11 is 0. The number of urea groups is 1. The molecule has 0 bridgehead atoms. The second-order valence-corrected chi connectivity index (χ2v) is 15.1. The van der Waals surface area contributed by atoms with E-state index in [9.17, 15) is 24.3 Å². The van der Waals surface area contributed by atoms with Gasteiger partial charge in [0.25, 0.3) is 0 Å². The summed E-state index contributed by atoms with van der Waals surface area (Å²) in [5.74, 6) is 1.92. The van der Waals surface area contributed by atoms with Gasteiger partial charge in [-0.05, 0) is 53.8 Å². The largest absolute Gasteiger partial charge is 0.508 e. The number of carbonyl (C=O) groups is 4. The summed E-state index contributed by atoms with van der Waals surface area (Å²) in [7, 11) is 0. The van der Waals surface area contributed by atoms with E-state index in [2.05, 4.69) is 18.2 Å². The minimum absolute atomic E-state index is 0.0356. The number of hydrogen-bond donors (Lipinski definition) is 2. The molecule has 10 heteroatoms. The molecule has 2 fully saturated rings. The van der Waals surface area contributed by atoms with Crippen LogP contribution in [0.4, 0.5) is 4.79 Å². The molecule has 57 heavy (non-hydrogen) atoms. The predicted octanol–water partition coefficient (Wildman–Crippen LogP) is 7.96. The van der Waals surface area contributed by atoms with Crippen molar-refractivity contribution in [1.29, 1.82) is 0 Å². The van der Waals surface area contributed by atoms with Crippen molar-refractivity contribution in [2.75, 3.05) is 13.2 Å². The number of phenolic OH excluding ortho intramolecular Hbond substituents is 1. The Kier molecular flexibility index (Phi) is 16.2. The first kappa shape index (κ1) is 42.6. The van der Waals surface area contributed by atoms with Gasteiger partial charge in [0, 0.05) is 31.5 Å². The number of benzene rings is 3. The number of esters is 1. The summed E-state index contributed by atoms with van der Waals surface area (Å²) in [5.41, 5.74) is 3.99. The van der Waals surface area contributed by atoms with Crippen LogP contribution in [-0.2, 0) is 38.6 Å². The molecule has 0 aromatic heterocycles. The van der Waals surface area contributed by atoms with Gasteiger partial charge in [0.1, 0.15) is 24.6 Å². The highest BCUT2D eigenvalue weighted by molar-refractivity contribution is 5.91. The van der Waals surface area contributed by atoms with Gasteiger partial charge in [-0.25, -0.2) is 4.79 Å². The Morgan fingerprint density at radius 2 is 1.61 bits per heavy atom. The van der Waals surface area contributed by atoms with Gasteiger partial charge in [-0.3, -0.25) is 19.3 Å². The Morgan fingerprint density at radius 1 is 0.912 bits per heavy atom. The molecule has 2 saturated heterocycles. The molecule has 302 valence electrons. The molecule has 0 unspecified atom stereocenters. The van der Waals surface area contributed by atoms with Gasteiger partial charge in [-0.2, -0.15) is 0 Å². The molecule has 4 amide bonds. The average molecular weight is 775 g/mol. The fourth-order valence-electron chi connectivity index (χ4n) is 7.90. The minimum Gasteiger partial charge on any atom is -0.508 e. The number of phenols is 1. The van der Waals surface area contributed by atoms with Crippen LogP contribution in [0.1, 0.15) is 112 Å². The van der Waals surface area contributed by atoms with Crippen LogP contribution in [0, 0.1) is 12.3 Å². The van der Waals surface area contributed by atoms with E-state index in [1.807, 2.05) is 67.6 Å². The number of piperazine rings is 1. The van der Waals surface area contributed by atoms with Crippen LogP contribution in [0.2, 0.25) is 0 Å². The van der Waals surface area contributed by atoms with Gasteiger partial charge >= 0.3 is 12.0 Å². The highest BCUT2D eigenvalue weighted by Crippen LogP contribution is 2.33. The first-order valence-corrected chi connectivity index (χ1v) is 20.6. The summed E-state index contributed by atoms with van der Waals surface area (Å²) in [6, 6.07) is 19.6. The molecule has 0 aliphatic carbocycles. The Labute approximate surface area is 338 Å². The second-order valence-electron chi connectivity index (χ2n) is 15.1. The molecular weight excluding hydrogens is 717 g/mol. The number of unbranched alkanes of at least 4 members (excludes halogenated alkanes) is 8. The normalized spacial score (nSPS) is 18.1. The molecule has 0 radical (unpaired) electrons. The predicted molar refractivity (Wildman–Crippen MR) is 222 cm³/mol. The van der Waals surface area contributed by atoms with E-state index in [0.29, 0.717) is 5.56 Å². The van der Waals surface area contributed by atoms with Gasteiger partial charge in [0.2, 0.25) is 11.8 Å². The standard InChI is InChI=1S/C47H58N4O6/c1-4-7-8-9-10-11-12-13-17-24-45(54)57-34-39-30-44(53)51-42(29-35-25-27-40(52)28-26-35)46(55)49(32-38-23-18-22-37(6-3)41(38)19-5-2)33-43(51)50(39)47(56)48-31-36-20-15-14-16-21-36/h3,5,14-16,18-23,25-28,39,42-43,52H,4,7-13,17,24,29-34H2,1-2H3,(H,48,56)/b19-5-/t39-,42-,43+/m0/s1. The zero-order valence-corrected chi connectivity index (χ0v) is 33.5. The Bertz CT molecular complexity index is 1870. The van der Waals surface area contributed by atoms with Gasteiger partial charge in [-0.15, -0.1) is 6.42 Å². The summed E-state index contributed by atoms with van der Waals surface area (Å²) in [4.78, 5) is 61.1. The smallest absolute Gasteiger partial charge is 0.319 e. The molecule has 0 saturated carbocycles. The van der Waals surface area contributed by atoms with E-state index in [1.165, 1.54) is 32.1 Å². The van der Waals surface area contributed by atoms with Crippen molar-refractivity contribution >= 4 is 29.9 Å². The van der Waals surface area contributed by atoms with Crippen molar-refractivity contribution in [2.24, 2.45) is 0 Å². The fourth-order valence-corrected chi connectivity index (χ4v) is 7.90. The van der Waals surface area contributed by atoms with Crippen molar-refractivity contribution in [1.82, 2.24) is 20.0 Å². The summed E-state index contributed by atoms with van der Waals surface area (Å²) < 4.78 is 5.81. The number of carbonyl (C=O) groups excluding carboxylic acids is 4. The zero-order chi connectivity index (χ0) is 40.6. The van der Waals surface area contributed by atoms with E-state index in [-0.39, 0.29) is 69.0 Å². The summed E-state index contributed by atoms with van der Waals surface area (Å²) in [6.45, 7) is 4.44. The lowest BCUT2D eigenvalue weighted by Crippen LogP contribution is -2.74. The summed E-state index contributed by atoms with van der Waals surface area (Å²) in [5, 5.41) is 13.0. The third-order valence-electron chi connectivity index (χ3n) is 10.9. The van der Waals surface area contributed by atoms with Crippen LogP contribution >= 0.6 is 0 Å². The Hall–Kier alpha value is -5.56. The number of allylic oxidation sites excluding steroid dienone is 1. The van der Waals surface area contributed by atoms with Crippen LogP contribution < -0.4 is 5.32 Å². The van der Waals surface area contributed by atoms with Crippen LogP contribution in [0.25, 0.3) is 6.08 Å². The number of rotatable bonds is 19. The number of nitrogens with one attached hydrogen (secondary N) is 1. The highest BCUT2D eigenvalue weighted by atomic mass is 16.5. The monoisotopic (exact) mass is 774 g/mol. The molecule has 2 heterocycles. The maximum absolute atomic E-state index is 14.6. The van der Waals surface area contributed by atoms with Crippen LogP contribution in [0.5, 0.6) is 5.75 Å². The number of aromatic hydroxyl groups is 1. The van der Waals surface area contributed by atoms with E-state index in [0.717, 1.165) is 47.9 Å². The summed E-state index contributed by atoms with van der Waals surface area (Å²) in [6.07, 6.45) is 19.3. The van der Waals surface area contributed by atoms with Gasteiger partial charge in [0.05, 0.1) is 19.0 Å². The van der Waals surface area contributed by atoms with Crippen LogP contribution in [0.3, 0.4) is 0 Å². The lowest BCUT2D eigenvalue weighted by molar-refractivity contribution is -0.173. The second kappa shape index (κ2) is 21.7. The average Bonchev–Trinajstić information content (AvgIpc) is 3.21. The number of nitrogens with zero attached hydrogens (tertiary/aromatic N) is 3. The lowest BCUT2D eigenvalue weighted by Gasteiger charge is -2.54. The minimum atomic E-state index is -0.943. The van der Waals surface area contributed by atoms with Crippen molar-refractivity contribution in [3.63, 3.8) is 0 Å². The Morgan fingerprint density at radius 3 is 2.30 bits per heavy atom. The third-order valence-corrected chi connectivity index (χ3v) is 10.9. The SMILES string of the molecule is C#Cc1cccc(CN2C[C@@H]3N(C(=O)NCc4ccccc4)[C@H](COC(=O)CCCCCCCCCCC)CC(=O)N3[C@@H](Cc3ccc(O)cc3)C2=O)c1/C=C\C. The van der Waals surface area contributed by atoms with E-state index in [1.54, 1.807) is 39.0 Å². The first-order valence-electron chi connectivity index (χ1n) is 20.6. The molecule has 10 nitrogen and oxygen atoms in total. The van der Waals surface area contributed by atoms with E-state index in [4.69, 9.17) is 11.2 Å². The fraction of sp³-hybridized carbons (Fsp3) is 0.447. The molecule has 2 aliphatic heterocycles. The maximum Gasteiger partial charge on any atom is 0.319 e. The molecule has 2 aliphatic rings. The Balaban J connectivity index is 1.40. The molecular formula is C47H58N4O6. The molecule has 3 atom stereocenters. The lowest BCUT2D eigenvalue weighted by atomic mass is 9.94. The van der Waals surface area contributed by atoms with E-state index < -0.39 is 24.3 Å². The van der Waals surface area contributed by atoms with E-state index >= 15 is 0 Å². The molecule has 2 N–H and O–H groups in total. The molecule has 3 aromatic carbocycles. The quantitative estimate of drug-likeness (QED) is 0.0725. The maximum atomic E-state index is 14.6. The third kappa shape index (κ3) is 11.7. The van der Waals surface area contributed by atoms with Gasteiger partial charge in [0.15, 0.2) is 0 Å². The molecule has 5 rings (SSSR count). The molecule has 3 aromatic rings. The van der Waals surface area contributed by atoms with Crippen molar-refractivity contribution < 1.29 is 29.0 Å². The van der Waals surface area contributed by atoms with Crippen LogP contribution in [0.15, 0.2) is 78.9 Å².